The lowest BCUT2D eigenvalue weighted by molar-refractivity contribution is -0.297. The van der Waals surface area contributed by atoms with Gasteiger partial charge in [-0.05, 0) is 11.6 Å². The van der Waals surface area contributed by atoms with Crippen LogP contribution in [-0.4, -0.2) is 5.97 Å². The predicted octanol–water partition coefficient (Wildman–Crippen LogP) is 0.450. The molecule has 0 spiro atoms. The van der Waals surface area contributed by atoms with Crippen molar-refractivity contribution in [2.75, 3.05) is 0 Å². The van der Waals surface area contributed by atoms with Crippen LogP contribution in [0.25, 0.3) is 6.08 Å². The van der Waals surface area contributed by atoms with Crippen LogP contribution in [0.3, 0.4) is 0 Å². The van der Waals surface area contributed by atoms with Crippen molar-refractivity contribution in [1.29, 1.82) is 0 Å². The van der Waals surface area contributed by atoms with Crippen LogP contribution < -0.4 is 5.11 Å². The Morgan fingerprint density at radius 3 is 2.45 bits per heavy atom. The number of carbonyl (C=O) groups excluding carboxylic acids is 1. The Morgan fingerprint density at radius 2 is 1.91 bits per heavy atom. The molecular weight excluding hydrogens is 140 g/mol. The van der Waals surface area contributed by atoms with E-state index in [4.69, 9.17) is 0 Å². The fourth-order valence-corrected chi connectivity index (χ4v) is 0.728. The van der Waals surface area contributed by atoms with Crippen molar-refractivity contribution in [3.63, 3.8) is 0 Å². The van der Waals surface area contributed by atoms with Crippen LogP contribution >= 0.6 is 0 Å². The third-order valence-electron chi connectivity index (χ3n) is 1.21. The number of carbonyl (C=O) groups is 1. The molecule has 0 aliphatic heterocycles. The number of carboxylic acid groups (broad SMARTS) is 1. The number of aliphatic carboxylic acids is 1. The first-order valence-corrected chi connectivity index (χ1v) is 3.23. The third-order valence-corrected chi connectivity index (χ3v) is 1.21. The van der Waals surface area contributed by atoms with E-state index in [1.165, 1.54) is 6.08 Å². The van der Waals surface area contributed by atoms with E-state index in [1.807, 2.05) is 30.3 Å². The van der Waals surface area contributed by atoms with E-state index in [1.54, 1.807) is 0 Å². The second-order valence-electron chi connectivity index (χ2n) is 2.06. The van der Waals surface area contributed by atoms with Gasteiger partial charge in [0, 0.05) is 0 Å². The van der Waals surface area contributed by atoms with Crippen molar-refractivity contribution in [3.8, 4) is 0 Å². The highest BCUT2D eigenvalue weighted by Gasteiger charge is 1.80. The monoisotopic (exact) mass is 147 g/mol. The summed E-state index contributed by atoms with van der Waals surface area (Å²) in [4.78, 5) is 9.97. The molecule has 0 unspecified atom stereocenters. The Morgan fingerprint density at radius 1 is 1.27 bits per heavy atom. The maximum absolute atomic E-state index is 9.97. The van der Waals surface area contributed by atoms with Gasteiger partial charge in [0.15, 0.2) is 0 Å². The summed E-state index contributed by atoms with van der Waals surface area (Å²) in [5.41, 5.74) is 0.858. The molecule has 2 heteroatoms. The van der Waals surface area contributed by atoms with Crippen molar-refractivity contribution in [1.82, 2.24) is 0 Å². The Bertz CT molecular complexity index is 262. The minimum atomic E-state index is -1.17. The lowest BCUT2D eigenvalue weighted by atomic mass is 10.2. The van der Waals surface area contributed by atoms with Gasteiger partial charge >= 0.3 is 0 Å². The Hall–Kier alpha value is -1.57. The summed E-state index contributed by atoms with van der Waals surface area (Å²) in [7, 11) is 0. The second-order valence-corrected chi connectivity index (χ2v) is 2.06. The van der Waals surface area contributed by atoms with Crippen molar-refractivity contribution in [2.45, 2.75) is 0 Å². The zero-order chi connectivity index (χ0) is 8.10. The van der Waals surface area contributed by atoms with Gasteiger partial charge in [0.2, 0.25) is 0 Å². The van der Waals surface area contributed by atoms with Gasteiger partial charge in [0.05, 0.1) is 5.97 Å². The molecule has 0 amide bonds. The van der Waals surface area contributed by atoms with E-state index in [0.29, 0.717) is 0 Å². The van der Waals surface area contributed by atoms with Gasteiger partial charge in [0.1, 0.15) is 0 Å². The molecule has 0 bridgehead atoms. The average Bonchev–Trinajstić information content (AvgIpc) is 2.03. The molecule has 0 atom stereocenters. The maximum atomic E-state index is 9.97. The van der Waals surface area contributed by atoms with Gasteiger partial charge in [0.25, 0.3) is 0 Å². The summed E-state index contributed by atoms with van der Waals surface area (Å²) in [5.74, 6) is -1.17. The Balaban J connectivity index is 2.72. The van der Waals surface area contributed by atoms with Crippen LogP contribution in [0.5, 0.6) is 0 Å². The summed E-state index contributed by atoms with van der Waals surface area (Å²) >= 11 is 0. The predicted molar refractivity (Wildman–Crippen MR) is 40.5 cm³/mol. The first kappa shape index (κ1) is 7.54. The van der Waals surface area contributed by atoms with E-state index < -0.39 is 5.97 Å². The molecular formula is C9H7O2-. The summed E-state index contributed by atoms with van der Waals surface area (Å²) in [6.45, 7) is 0. The maximum Gasteiger partial charge on any atom is 0.0643 e. The molecule has 0 heterocycles. The summed E-state index contributed by atoms with van der Waals surface area (Å²) in [6, 6.07) is 9.19. The van der Waals surface area contributed by atoms with Crippen molar-refractivity contribution < 1.29 is 9.90 Å². The highest BCUT2D eigenvalue weighted by molar-refractivity contribution is 5.83. The molecule has 0 saturated heterocycles. The molecule has 0 aromatic heterocycles. The zero-order valence-electron chi connectivity index (χ0n) is 5.86. The smallest absolute Gasteiger partial charge is 0.0643 e. The summed E-state index contributed by atoms with van der Waals surface area (Å²) < 4.78 is 0. The lowest BCUT2D eigenvalue weighted by Crippen LogP contribution is -2.18. The van der Waals surface area contributed by atoms with Crippen LogP contribution in [0.4, 0.5) is 0 Å². The molecule has 1 aromatic carbocycles. The normalized spacial score (nSPS) is 10.2. The highest BCUT2D eigenvalue weighted by Crippen LogP contribution is 1.99. The number of hydrogen-bond donors (Lipinski definition) is 0. The molecule has 1 aromatic rings. The zero-order valence-corrected chi connectivity index (χ0v) is 5.86. The van der Waals surface area contributed by atoms with Gasteiger partial charge in [-0.1, -0.05) is 36.4 Å². The minimum Gasteiger partial charge on any atom is -0.545 e. The third kappa shape index (κ3) is 2.67. The molecule has 56 valence electrons. The van der Waals surface area contributed by atoms with E-state index in [2.05, 4.69) is 0 Å². The largest absolute Gasteiger partial charge is 0.545 e. The van der Waals surface area contributed by atoms with Gasteiger partial charge in [-0.25, -0.2) is 0 Å². The molecule has 0 saturated carbocycles. The number of carboxylic acids is 1. The molecule has 2 nitrogen and oxygen atoms in total. The van der Waals surface area contributed by atoms with E-state index in [0.717, 1.165) is 11.6 Å². The molecule has 0 fully saturated rings. The quantitative estimate of drug-likeness (QED) is 0.570. The lowest BCUT2D eigenvalue weighted by Gasteiger charge is -1.91. The van der Waals surface area contributed by atoms with E-state index in [9.17, 15) is 9.90 Å². The minimum absolute atomic E-state index is 0.858. The van der Waals surface area contributed by atoms with Crippen LogP contribution in [0.15, 0.2) is 36.4 Å². The van der Waals surface area contributed by atoms with Crippen LogP contribution in [-0.2, 0) is 4.79 Å². The second kappa shape index (κ2) is 3.56. The van der Waals surface area contributed by atoms with Gasteiger partial charge in [-0.2, -0.15) is 0 Å². The molecule has 0 radical (unpaired) electrons. The fourth-order valence-electron chi connectivity index (χ4n) is 0.728. The first-order valence-electron chi connectivity index (χ1n) is 3.23. The number of hydrogen-bond acceptors (Lipinski definition) is 2. The molecule has 0 N–H and O–H groups in total. The Labute approximate surface area is 64.8 Å². The van der Waals surface area contributed by atoms with Crippen LogP contribution in [0.1, 0.15) is 5.56 Å². The van der Waals surface area contributed by atoms with Gasteiger partial charge in [-0.3, -0.25) is 0 Å². The van der Waals surface area contributed by atoms with E-state index >= 15 is 0 Å². The Kier molecular flexibility index (Phi) is 2.44. The molecule has 1 rings (SSSR count). The number of benzene rings is 1. The van der Waals surface area contributed by atoms with Gasteiger partial charge in [-0.15, -0.1) is 0 Å². The standard InChI is InChI=1S/C9H8O2/c10-9(11)7-6-8-4-2-1-3-5-8/h1-7H,(H,10,11)/p-1/b7-6+. The van der Waals surface area contributed by atoms with E-state index in [-0.39, 0.29) is 0 Å². The summed E-state index contributed by atoms with van der Waals surface area (Å²) in [5, 5.41) is 9.97. The fraction of sp³-hybridized carbons (Fsp3) is 0. The topological polar surface area (TPSA) is 40.1 Å². The van der Waals surface area contributed by atoms with Gasteiger partial charge < -0.3 is 9.90 Å². The molecule has 11 heavy (non-hydrogen) atoms. The van der Waals surface area contributed by atoms with Crippen molar-refractivity contribution in [3.05, 3.63) is 42.0 Å². The average molecular weight is 147 g/mol. The number of rotatable bonds is 2. The van der Waals surface area contributed by atoms with Crippen molar-refractivity contribution >= 4 is 12.0 Å². The molecule has 0 aliphatic carbocycles. The molecule has 0 aliphatic rings. The van der Waals surface area contributed by atoms with Crippen LogP contribution in [0, 0.1) is 0 Å². The SMILES string of the molecule is O=C([O-])/C=C/c1ccccc1. The first-order chi connectivity index (χ1) is 5.29. The highest BCUT2D eigenvalue weighted by atomic mass is 16.4. The summed E-state index contributed by atoms with van der Waals surface area (Å²) in [6.07, 6.45) is 2.50. The van der Waals surface area contributed by atoms with Crippen molar-refractivity contribution in [2.24, 2.45) is 0 Å². The van der Waals surface area contributed by atoms with Crippen LogP contribution in [0.2, 0.25) is 0 Å².